The van der Waals surface area contributed by atoms with Gasteiger partial charge in [-0.1, -0.05) is 12.1 Å². The highest BCUT2D eigenvalue weighted by molar-refractivity contribution is 6.25. The first-order valence-corrected chi connectivity index (χ1v) is 8.60. The highest BCUT2D eigenvalue weighted by Gasteiger charge is 2.79. The third-order valence-corrected chi connectivity index (χ3v) is 6.19. The molecule has 140 valence electrons. The number of phenols is 1. The molecule has 1 aromatic rings. The van der Waals surface area contributed by atoms with Gasteiger partial charge in [0.15, 0.2) is 23.1 Å². The minimum Gasteiger partial charge on any atom is -0.507 e. The largest absolute Gasteiger partial charge is 0.507 e. The molecule has 0 amide bonds. The molecule has 1 aliphatic carbocycles. The van der Waals surface area contributed by atoms with Gasteiger partial charge in [0.05, 0.1) is 5.56 Å². The summed E-state index contributed by atoms with van der Waals surface area (Å²) >= 11 is 0. The van der Waals surface area contributed by atoms with Gasteiger partial charge in [-0.2, -0.15) is 0 Å². The van der Waals surface area contributed by atoms with E-state index in [0.29, 0.717) is 0 Å². The average Bonchev–Trinajstić information content (AvgIpc) is 2.96. The number of rotatable bonds is 0. The summed E-state index contributed by atoms with van der Waals surface area (Å²) in [4.78, 5) is 39.4. The third-order valence-electron chi connectivity index (χ3n) is 6.19. The molecular formula is C19H16O8. The van der Waals surface area contributed by atoms with E-state index in [1.54, 1.807) is 0 Å². The van der Waals surface area contributed by atoms with Gasteiger partial charge in [0.2, 0.25) is 17.4 Å². The predicted molar refractivity (Wildman–Crippen MR) is 87.1 cm³/mol. The van der Waals surface area contributed by atoms with Crippen molar-refractivity contribution >= 4 is 17.3 Å². The number of carbonyl (C=O) groups is 3. The fourth-order valence-electron chi connectivity index (χ4n) is 4.85. The number of fused-ring (bicyclic) bond motifs is 3. The van der Waals surface area contributed by atoms with E-state index in [2.05, 4.69) is 0 Å². The van der Waals surface area contributed by atoms with Crippen molar-refractivity contribution in [3.05, 3.63) is 41.0 Å². The lowest BCUT2D eigenvalue weighted by Crippen LogP contribution is -2.77. The summed E-state index contributed by atoms with van der Waals surface area (Å²) in [5.74, 6) is -4.59. The number of phenolic OH excluding ortho intramolecular Hbond substituents is 1. The molecule has 0 aromatic heterocycles. The molecule has 3 bridgehead atoms. The van der Waals surface area contributed by atoms with Gasteiger partial charge in [0, 0.05) is 12.0 Å². The molecule has 5 rings (SSSR count). The molecule has 3 aliphatic heterocycles. The summed E-state index contributed by atoms with van der Waals surface area (Å²) in [7, 11) is 0. The number of aliphatic hydroxyl groups is 2. The lowest BCUT2D eigenvalue weighted by atomic mass is 9.63. The van der Waals surface area contributed by atoms with Crippen molar-refractivity contribution in [3.63, 3.8) is 0 Å². The minimum absolute atomic E-state index is 0.00656. The summed E-state index contributed by atoms with van der Waals surface area (Å²) < 4.78 is 11.6. The van der Waals surface area contributed by atoms with E-state index in [1.165, 1.54) is 25.1 Å². The van der Waals surface area contributed by atoms with Gasteiger partial charge in [-0.3, -0.25) is 14.4 Å². The maximum absolute atomic E-state index is 13.4. The Bertz CT molecular complexity index is 980. The number of ether oxygens (including phenoxy) is 2. The molecule has 8 nitrogen and oxygen atoms in total. The van der Waals surface area contributed by atoms with Crippen LogP contribution in [0.2, 0.25) is 0 Å². The van der Waals surface area contributed by atoms with Gasteiger partial charge in [-0.05, 0) is 31.1 Å². The first-order chi connectivity index (χ1) is 12.7. The standard InChI is InChI=1S/C19H16O8/c1-8-7-11(21)16-19(25)14(23)9-3-2-4-10(20)12(9)15(24)17(19)5-6-18(26-16,27-17)13(8)22/h2-4,7,13,16,20,22,25H,5-6H2,1H3/t13-,16-,17-,18+,19+/m0/s1. The Morgan fingerprint density at radius 1 is 1.15 bits per heavy atom. The first kappa shape index (κ1) is 16.8. The quantitative estimate of drug-likeness (QED) is 0.582. The van der Waals surface area contributed by atoms with Crippen LogP contribution in [0.3, 0.4) is 0 Å². The maximum atomic E-state index is 13.4. The molecule has 0 radical (unpaired) electrons. The molecule has 8 heteroatoms. The zero-order valence-corrected chi connectivity index (χ0v) is 14.3. The summed E-state index contributed by atoms with van der Waals surface area (Å²) in [6, 6.07) is 3.93. The third kappa shape index (κ3) is 1.62. The van der Waals surface area contributed by atoms with Crippen LogP contribution in [0.1, 0.15) is 40.5 Å². The Morgan fingerprint density at radius 2 is 1.89 bits per heavy atom. The maximum Gasteiger partial charge on any atom is 0.202 e. The summed E-state index contributed by atoms with van der Waals surface area (Å²) in [6.45, 7) is 1.51. The molecule has 3 N–H and O–H groups in total. The van der Waals surface area contributed by atoms with E-state index in [9.17, 15) is 29.7 Å². The van der Waals surface area contributed by atoms with Crippen LogP contribution in [-0.4, -0.2) is 61.9 Å². The number of Topliss-reactive ketones (excluding diaryl/α,β-unsaturated/α-hetero) is 2. The number of ketones is 3. The van der Waals surface area contributed by atoms with Crippen LogP contribution >= 0.6 is 0 Å². The van der Waals surface area contributed by atoms with Gasteiger partial charge in [-0.25, -0.2) is 0 Å². The van der Waals surface area contributed by atoms with E-state index >= 15 is 0 Å². The Balaban J connectivity index is 1.84. The second-order valence-electron chi connectivity index (χ2n) is 7.56. The summed E-state index contributed by atoms with van der Waals surface area (Å²) in [5, 5.41) is 32.3. The number of carbonyl (C=O) groups excluding carboxylic acids is 3. The van der Waals surface area contributed by atoms with Gasteiger partial charge in [0.25, 0.3) is 0 Å². The van der Waals surface area contributed by atoms with Crippen molar-refractivity contribution < 1.29 is 39.2 Å². The van der Waals surface area contributed by atoms with E-state index < -0.39 is 52.3 Å². The number of hydrogen-bond donors (Lipinski definition) is 3. The van der Waals surface area contributed by atoms with E-state index in [1.807, 2.05) is 0 Å². The average molecular weight is 372 g/mol. The normalized spacial score (nSPS) is 42.3. The molecule has 0 saturated carbocycles. The van der Waals surface area contributed by atoms with E-state index in [-0.39, 0.29) is 29.5 Å². The Labute approximate surface area is 153 Å². The highest BCUT2D eigenvalue weighted by Crippen LogP contribution is 2.59. The molecule has 4 aliphatic rings. The molecule has 5 atom stereocenters. The number of aromatic hydroxyl groups is 1. The fraction of sp³-hybridized carbons (Fsp3) is 0.421. The highest BCUT2D eigenvalue weighted by atomic mass is 16.8. The second kappa shape index (κ2) is 4.71. The van der Waals surface area contributed by atoms with Crippen LogP contribution in [0.15, 0.2) is 29.8 Å². The van der Waals surface area contributed by atoms with Crippen molar-refractivity contribution in [2.75, 3.05) is 0 Å². The van der Waals surface area contributed by atoms with Crippen LogP contribution in [0.25, 0.3) is 0 Å². The zero-order valence-electron chi connectivity index (χ0n) is 14.3. The number of benzene rings is 1. The Hall–Kier alpha value is -2.39. The lowest BCUT2D eigenvalue weighted by Gasteiger charge is -2.53. The Morgan fingerprint density at radius 3 is 2.63 bits per heavy atom. The van der Waals surface area contributed by atoms with E-state index in [0.717, 1.165) is 6.08 Å². The molecule has 2 saturated heterocycles. The molecule has 2 fully saturated rings. The second-order valence-corrected chi connectivity index (χ2v) is 7.56. The molecule has 2 spiro atoms. The Kier molecular flexibility index (Phi) is 2.93. The van der Waals surface area contributed by atoms with Crippen LogP contribution in [0.4, 0.5) is 0 Å². The van der Waals surface area contributed by atoms with Crippen LogP contribution in [-0.2, 0) is 14.3 Å². The van der Waals surface area contributed by atoms with E-state index in [4.69, 9.17) is 9.47 Å². The number of aliphatic hydroxyl groups excluding tert-OH is 1. The van der Waals surface area contributed by atoms with Crippen molar-refractivity contribution in [1.82, 2.24) is 0 Å². The molecule has 27 heavy (non-hydrogen) atoms. The SMILES string of the molecule is CC1=CC(=O)[C@@H]2O[C@@]3(CC[C@]4(O3)C(=O)c3c(O)cccc3C(=O)[C@@]24O)[C@H]1O. The smallest absolute Gasteiger partial charge is 0.202 e. The van der Waals surface area contributed by atoms with Crippen molar-refractivity contribution in [3.8, 4) is 5.75 Å². The zero-order chi connectivity index (χ0) is 19.4. The van der Waals surface area contributed by atoms with Crippen LogP contribution in [0, 0.1) is 0 Å². The van der Waals surface area contributed by atoms with Gasteiger partial charge >= 0.3 is 0 Å². The lowest BCUT2D eigenvalue weighted by molar-refractivity contribution is -0.361. The first-order valence-electron chi connectivity index (χ1n) is 8.60. The van der Waals surface area contributed by atoms with Gasteiger partial charge in [0.1, 0.15) is 11.9 Å². The molecular weight excluding hydrogens is 356 g/mol. The molecule has 1 aromatic carbocycles. The summed E-state index contributed by atoms with van der Waals surface area (Å²) in [6.07, 6.45) is -2.09. The topological polar surface area (TPSA) is 130 Å². The summed E-state index contributed by atoms with van der Waals surface area (Å²) in [5.41, 5.74) is -4.91. The van der Waals surface area contributed by atoms with Crippen molar-refractivity contribution in [2.24, 2.45) is 0 Å². The molecule has 3 heterocycles. The van der Waals surface area contributed by atoms with Crippen LogP contribution in [0.5, 0.6) is 5.75 Å². The van der Waals surface area contributed by atoms with Gasteiger partial charge in [-0.15, -0.1) is 0 Å². The van der Waals surface area contributed by atoms with Crippen molar-refractivity contribution in [1.29, 1.82) is 0 Å². The predicted octanol–water partition coefficient (Wildman–Crippen LogP) is 0.0365. The van der Waals surface area contributed by atoms with Crippen molar-refractivity contribution in [2.45, 2.75) is 49.0 Å². The van der Waals surface area contributed by atoms with Gasteiger partial charge < -0.3 is 24.8 Å². The molecule has 0 unspecified atom stereocenters. The number of hydrogen-bond acceptors (Lipinski definition) is 8. The fourth-order valence-corrected chi connectivity index (χ4v) is 4.85. The minimum atomic E-state index is -2.59. The monoisotopic (exact) mass is 372 g/mol. The van der Waals surface area contributed by atoms with Crippen LogP contribution < -0.4 is 0 Å².